The molecule has 5 heteroatoms. The van der Waals surface area contributed by atoms with Crippen LogP contribution in [0.4, 0.5) is 0 Å². The molecule has 2 heterocycles. The first-order valence-electron chi connectivity index (χ1n) is 7.96. The topological polar surface area (TPSA) is 47.7 Å². The van der Waals surface area contributed by atoms with Crippen molar-refractivity contribution in [3.63, 3.8) is 0 Å². The zero-order valence-electron chi connectivity index (χ0n) is 13.6. The van der Waals surface area contributed by atoms with E-state index in [4.69, 9.17) is 0 Å². The highest BCUT2D eigenvalue weighted by molar-refractivity contribution is 5.16. The SMILES string of the molecule is CCCNC(Cc1cc(CC)nn1CC)c1ccnn1C. The lowest BCUT2D eigenvalue weighted by atomic mass is 10.1. The van der Waals surface area contributed by atoms with E-state index in [1.807, 2.05) is 17.9 Å². The smallest absolute Gasteiger partial charge is 0.0624 e. The second kappa shape index (κ2) is 7.41. The highest BCUT2D eigenvalue weighted by Gasteiger charge is 2.17. The number of hydrogen-bond donors (Lipinski definition) is 1. The van der Waals surface area contributed by atoms with E-state index in [1.54, 1.807) is 0 Å². The molecule has 0 radical (unpaired) electrons. The van der Waals surface area contributed by atoms with Gasteiger partial charge in [0.25, 0.3) is 0 Å². The lowest BCUT2D eigenvalue weighted by molar-refractivity contribution is 0.474. The Labute approximate surface area is 127 Å². The normalized spacial score (nSPS) is 12.8. The Kier molecular flexibility index (Phi) is 5.56. The number of nitrogens with zero attached hydrogens (tertiary/aromatic N) is 4. The average Bonchev–Trinajstić information content (AvgIpc) is 3.09. The van der Waals surface area contributed by atoms with E-state index in [9.17, 15) is 0 Å². The molecule has 0 fully saturated rings. The molecule has 0 aliphatic heterocycles. The van der Waals surface area contributed by atoms with E-state index in [0.29, 0.717) is 0 Å². The molecule has 0 aromatic carbocycles. The summed E-state index contributed by atoms with van der Waals surface area (Å²) in [5.74, 6) is 0. The molecule has 1 atom stereocenters. The Morgan fingerprint density at radius 2 is 2.10 bits per heavy atom. The largest absolute Gasteiger partial charge is 0.308 e. The second-order valence-electron chi connectivity index (χ2n) is 5.39. The fraction of sp³-hybridized carbons (Fsp3) is 0.625. The van der Waals surface area contributed by atoms with Crippen LogP contribution in [-0.4, -0.2) is 26.1 Å². The van der Waals surface area contributed by atoms with Gasteiger partial charge in [-0.2, -0.15) is 10.2 Å². The standard InChI is InChI=1S/C16H27N5/c1-5-9-17-15(16-8-10-18-20(16)4)12-14-11-13(6-2)19-21(14)7-3/h8,10-11,15,17H,5-7,9,12H2,1-4H3. The summed E-state index contributed by atoms with van der Waals surface area (Å²) in [5.41, 5.74) is 3.70. The van der Waals surface area contributed by atoms with Crippen molar-refractivity contribution in [2.24, 2.45) is 7.05 Å². The first-order chi connectivity index (χ1) is 10.2. The summed E-state index contributed by atoms with van der Waals surface area (Å²) in [5, 5.41) is 12.6. The Hall–Kier alpha value is -1.62. The van der Waals surface area contributed by atoms with Gasteiger partial charge in [-0.3, -0.25) is 9.36 Å². The molecular formula is C16H27N5. The van der Waals surface area contributed by atoms with Gasteiger partial charge in [-0.1, -0.05) is 13.8 Å². The van der Waals surface area contributed by atoms with Gasteiger partial charge in [0.05, 0.1) is 17.4 Å². The van der Waals surface area contributed by atoms with Crippen LogP contribution in [-0.2, 0) is 26.4 Å². The fourth-order valence-corrected chi connectivity index (χ4v) is 2.66. The van der Waals surface area contributed by atoms with Crippen LogP contribution < -0.4 is 5.32 Å². The Morgan fingerprint density at radius 1 is 1.29 bits per heavy atom. The Bertz CT molecular complexity index is 555. The Morgan fingerprint density at radius 3 is 2.67 bits per heavy atom. The van der Waals surface area contributed by atoms with E-state index >= 15 is 0 Å². The zero-order valence-corrected chi connectivity index (χ0v) is 13.6. The van der Waals surface area contributed by atoms with Gasteiger partial charge >= 0.3 is 0 Å². The molecule has 116 valence electrons. The van der Waals surface area contributed by atoms with Crippen LogP contribution in [0.5, 0.6) is 0 Å². The number of aromatic nitrogens is 4. The summed E-state index contributed by atoms with van der Waals surface area (Å²) < 4.78 is 4.08. The summed E-state index contributed by atoms with van der Waals surface area (Å²) in [4.78, 5) is 0. The van der Waals surface area contributed by atoms with Crippen molar-refractivity contribution in [1.29, 1.82) is 0 Å². The van der Waals surface area contributed by atoms with E-state index in [0.717, 1.165) is 32.4 Å². The van der Waals surface area contributed by atoms with Crippen LogP contribution in [0.1, 0.15) is 50.3 Å². The molecule has 21 heavy (non-hydrogen) atoms. The minimum atomic E-state index is 0.282. The summed E-state index contributed by atoms with van der Waals surface area (Å²) >= 11 is 0. The van der Waals surface area contributed by atoms with Gasteiger partial charge in [0, 0.05) is 31.9 Å². The molecule has 2 aromatic rings. The third-order valence-corrected chi connectivity index (χ3v) is 3.85. The quantitative estimate of drug-likeness (QED) is 0.812. The lowest BCUT2D eigenvalue weighted by Gasteiger charge is -2.19. The summed E-state index contributed by atoms with van der Waals surface area (Å²) in [6.07, 6.45) is 4.92. The van der Waals surface area contributed by atoms with Crippen LogP contribution in [0.15, 0.2) is 18.3 Å². The summed E-state index contributed by atoms with van der Waals surface area (Å²) in [6.45, 7) is 8.42. The maximum absolute atomic E-state index is 4.65. The van der Waals surface area contributed by atoms with Crippen molar-refractivity contribution in [2.45, 2.75) is 52.6 Å². The third-order valence-electron chi connectivity index (χ3n) is 3.85. The number of rotatable bonds is 8. The molecule has 0 amide bonds. The zero-order chi connectivity index (χ0) is 15.2. The fourth-order valence-electron chi connectivity index (χ4n) is 2.66. The number of hydrogen-bond acceptors (Lipinski definition) is 3. The van der Waals surface area contributed by atoms with Crippen molar-refractivity contribution in [3.8, 4) is 0 Å². The summed E-state index contributed by atoms with van der Waals surface area (Å²) in [7, 11) is 2.00. The molecule has 2 aromatic heterocycles. The average molecular weight is 289 g/mol. The van der Waals surface area contributed by atoms with E-state index in [2.05, 4.69) is 53.1 Å². The van der Waals surface area contributed by atoms with E-state index in [1.165, 1.54) is 17.1 Å². The first kappa shape index (κ1) is 15.8. The minimum Gasteiger partial charge on any atom is -0.308 e. The van der Waals surface area contributed by atoms with Crippen LogP contribution in [0.25, 0.3) is 0 Å². The van der Waals surface area contributed by atoms with Crippen molar-refractivity contribution >= 4 is 0 Å². The van der Waals surface area contributed by atoms with Crippen LogP contribution >= 0.6 is 0 Å². The van der Waals surface area contributed by atoms with Crippen LogP contribution in [0, 0.1) is 0 Å². The molecule has 5 nitrogen and oxygen atoms in total. The monoisotopic (exact) mass is 289 g/mol. The maximum atomic E-state index is 4.65. The number of nitrogens with one attached hydrogen (secondary N) is 1. The second-order valence-corrected chi connectivity index (χ2v) is 5.39. The maximum Gasteiger partial charge on any atom is 0.0624 e. The lowest BCUT2D eigenvalue weighted by Crippen LogP contribution is -2.27. The number of aryl methyl sites for hydroxylation is 3. The first-order valence-corrected chi connectivity index (χ1v) is 7.96. The highest BCUT2D eigenvalue weighted by atomic mass is 15.3. The third kappa shape index (κ3) is 3.73. The van der Waals surface area contributed by atoms with Crippen LogP contribution in [0.3, 0.4) is 0 Å². The van der Waals surface area contributed by atoms with Gasteiger partial charge < -0.3 is 5.32 Å². The molecule has 0 aliphatic rings. The van der Waals surface area contributed by atoms with Gasteiger partial charge in [-0.15, -0.1) is 0 Å². The summed E-state index contributed by atoms with van der Waals surface area (Å²) in [6, 6.07) is 4.62. The molecular weight excluding hydrogens is 262 g/mol. The molecule has 0 saturated heterocycles. The van der Waals surface area contributed by atoms with Crippen molar-refractivity contribution < 1.29 is 0 Å². The van der Waals surface area contributed by atoms with Gasteiger partial charge in [0.2, 0.25) is 0 Å². The molecule has 0 aliphatic carbocycles. The molecule has 0 bridgehead atoms. The predicted octanol–water partition coefficient (Wildman–Crippen LogP) is 2.48. The van der Waals surface area contributed by atoms with Gasteiger partial charge in [-0.05, 0) is 38.4 Å². The Balaban J connectivity index is 2.22. The van der Waals surface area contributed by atoms with Crippen molar-refractivity contribution in [3.05, 3.63) is 35.4 Å². The molecule has 0 saturated carbocycles. The van der Waals surface area contributed by atoms with Gasteiger partial charge in [-0.25, -0.2) is 0 Å². The molecule has 2 rings (SSSR count). The highest BCUT2D eigenvalue weighted by Crippen LogP contribution is 2.19. The minimum absolute atomic E-state index is 0.282. The van der Waals surface area contributed by atoms with Gasteiger partial charge in [0.15, 0.2) is 0 Å². The van der Waals surface area contributed by atoms with E-state index < -0.39 is 0 Å². The van der Waals surface area contributed by atoms with Gasteiger partial charge in [0.1, 0.15) is 0 Å². The molecule has 1 unspecified atom stereocenters. The molecule has 0 spiro atoms. The molecule has 1 N–H and O–H groups in total. The van der Waals surface area contributed by atoms with E-state index in [-0.39, 0.29) is 6.04 Å². The predicted molar refractivity (Wildman–Crippen MR) is 85.2 cm³/mol. The van der Waals surface area contributed by atoms with Crippen molar-refractivity contribution in [1.82, 2.24) is 24.9 Å². The van der Waals surface area contributed by atoms with Crippen LogP contribution in [0.2, 0.25) is 0 Å². The van der Waals surface area contributed by atoms with Crippen molar-refractivity contribution in [2.75, 3.05) is 6.54 Å².